The predicted molar refractivity (Wildman–Crippen MR) is 36.8 cm³/mol. The molecule has 0 aliphatic heterocycles. The van der Waals surface area contributed by atoms with E-state index >= 15 is 0 Å². The fourth-order valence-corrected chi connectivity index (χ4v) is 0.375. The van der Waals surface area contributed by atoms with Crippen molar-refractivity contribution in [2.24, 2.45) is 0 Å². The van der Waals surface area contributed by atoms with Gasteiger partial charge in [0.05, 0.1) is 12.0 Å². The summed E-state index contributed by atoms with van der Waals surface area (Å²) in [6, 6.07) is 0. The van der Waals surface area contributed by atoms with Crippen molar-refractivity contribution in [1.29, 1.82) is 0 Å². The van der Waals surface area contributed by atoms with Gasteiger partial charge in [0.25, 0.3) is 0 Å². The maximum atomic E-state index is 10.5. The first-order valence-corrected chi connectivity index (χ1v) is 3.39. The first-order valence-electron chi connectivity index (χ1n) is 2.86. The third-order valence-electron chi connectivity index (χ3n) is 0.727. The third-order valence-corrected chi connectivity index (χ3v) is 1.02. The van der Waals surface area contributed by atoms with Gasteiger partial charge in [0.2, 0.25) is 0 Å². The largest absolute Gasteiger partial charge is 0.371 e. The van der Waals surface area contributed by atoms with Crippen LogP contribution in [-0.4, -0.2) is 24.4 Å². The molecule has 0 bridgehead atoms. The summed E-state index contributed by atoms with van der Waals surface area (Å²) in [4.78, 5) is 10.5. The standard InChI is InChI=1S/C6H11ClO2/c1-5(2)9-4-6(8)3-7/h5H,3-4H2,1-2H3. The second-order valence-electron chi connectivity index (χ2n) is 2.03. The Labute approximate surface area is 60.1 Å². The summed E-state index contributed by atoms with van der Waals surface area (Å²) in [7, 11) is 0. The summed E-state index contributed by atoms with van der Waals surface area (Å²) in [5, 5.41) is 0. The third kappa shape index (κ3) is 5.80. The van der Waals surface area contributed by atoms with E-state index < -0.39 is 0 Å². The van der Waals surface area contributed by atoms with Crippen molar-refractivity contribution in [3.05, 3.63) is 0 Å². The van der Waals surface area contributed by atoms with Gasteiger partial charge in [-0.05, 0) is 13.8 Å². The van der Waals surface area contributed by atoms with Crippen LogP contribution in [0.15, 0.2) is 0 Å². The Balaban J connectivity index is 3.17. The second-order valence-corrected chi connectivity index (χ2v) is 2.30. The number of carbonyl (C=O) groups excluding carboxylic acids is 1. The van der Waals surface area contributed by atoms with Crippen molar-refractivity contribution in [1.82, 2.24) is 0 Å². The van der Waals surface area contributed by atoms with E-state index in [9.17, 15) is 4.79 Å². The molecule has 0 rings (SSSR count). The monoisotopic (exact) mass is 150 g/mol. The van der Waals surface area contributed by atoms with Crippen molar-refractivity contribution in [3.8, 4) is 0 Å². The lowest BCUT2D eigenvalue weighted by Crippen LogP contribution is -2.13. The van der Waals surface area contributed by atoms with Crippen LogP contribution in [0.25, 0.3) is 0 Å². The van der Waals surface area contributed by atoms with Gasteiger partial charge in [0.15, 0.2) is 5.78 Å². The fraction of sp³-hybridized carbons (Fsp3) is 0.833. The van der Waals surface area contributed by atoms with Gasteiger partial charge in [0.1, 0.15) is 6.61 Å². The minimum absolute atomic E-state index is 0.0483. The van der Waals surface area contributed by atoms with Crippen LogP contribution in [0.4, 0.5) is 0 Å². The van der Waals surface area contributed by atoms with Crippen LogP contribution < -0.4 is 0 Å². The van der Waals surface area contributed by atoms with Crippen LogP contribution in [0.3, 0.4) is 0 Å². The van der Waals surface area contributed by atoms with E-state index in [1.54, 1.807) is 0 Å². The van der Waals surface area contributed by atoms with Crippen molar-refractivity contribution in [2.45, 2.75) is 20.0 Å². The molecule has 0 radical (unpaired) electrons. The molecule has 3 heteroatoms. The molecule has 0 aromatic heterocycles. The van der Waals surface area contributed by atoms with E-state index in [0.717, 1.165) is 0 Å². The van der Waals surface area contributed by atoms with Gasteiger partial charge in [-0.1, -0.05) is 0 Å². The van der Waals surface area contributed by atoms with E-state index in [0.29, 0.717) is 0 Å². The molecule has 0 heterocycles. The van der Waals surface area contributed by atoms with Crippen molar-refractivity contribution < 1.29 is 9.53 Å². The molecule has 0 fully saturated rings. The van der Waals surface area contributed by atoms with Crippen LogP contribution in [0.2, 0.25) is 0 Å². The summed E-state index contributed by atoms with van der Waals surface area (Å²) in [6.07, 6.45) is 0.108. The highest BCUT2D eigenvalue weighted by atomic mass is 35.5. The molecule has 2 nitrogen and oxygen atoms in total. The number of ether oxygens (including phenoxy) is 1. The molecule has 0 aromatic rings. The average Bonchev–Trinajstić information content (AvgIpc) is 1.83. The molecule has 0 saturated heterocycles. The SMILES string of the molecule is CC(C)OCC(=O)CCl. The number of halogens is 1. The molecule has 54 valence electrons. The van der Waals surface area contributed by atoms with Crippen LogP contribution in [-0.2, 0) is 9.53 Å². The molecule has 0 amide bonds. The normalized spacial score (nSPS) is 10.2. The molecule has 0 unspecified atom stereocenters. The highest BCUT2D eigenvalue weighted by Crippen LogP contribution is 1.88. The van der Waals surface area contributed by atoms with Crippen LogP contribution in [0.5, 0.6) is 0 Å². The summed E-state index contributed by atoms with van der Waals surface area (Å²) in [5.74, 6) is -0.0161. The van der Waals surface area contributed by atoms with Crippen LogP contribution in [0.1, 0.15) is 13.8 Å². The molecule has 0 N–H and O–H groups in total. The molecule has 0 aromatic carbocycles. The van der Waals surface area contributed by atoms with E-state index in [1.807, 2.05) is 13.8 Å². The smallest absolute Gasteiger partial charge is 0.173 e. The van der Waals surface area contributed by atoms with E-state index in [2.05, 4.69) is 0 Å². The molecule has 0 aliphatic carbocycles. The Morgan fingerprint density at radius 1 is 1.67 bits per heavy atom. The van der Waals surface area contributed by atoms with Crippen molar-refractivity contribution in [2.75, 3.05) is 12.5 Å². The van der Waals surface area contributed by atoms with Gasteiger partial charge in [-0.15, -0.1) is 11.6 Å². The van der Waals surface area contributed by atoms with Crippen LogP contribution >= 0.6 is 11.6 Å². The predicted octanol–water partition coefficient (Wildman–Crippen LogP) is 1.22. The Morgan fingerprint density at radius 2 is 2.22 bits per heavy atom. The molecule has 0 atom stereocenters. The molecule has 9 heavy (non-hydrogen) atoms. The summed E-state index contributed by atoms with van der Waals surface area (Å²) in [5.41, 5.74) is 0. The van der Waals surface area contributed by atoms with Gasteiger partial charge >= 0.3 is 0 Å². The highest BCUT2D eigenvalue weighted by molar-refractivity contribution is 6.27. The Hall–Kier alpha value is -0.0800. The second kappa shape index (κ2) is 4.77. The Morgan fingerprint density at radius 3 is 2.56 bits per heavy atom. The van der Waals surface area contributed by atoms with Crippen molar-refractivity contribution in [3.63, 3.8) is 0 Å². The maximum absolute atomic E-state index is 10.5. The summed E-state index contributed by atoms with van der Waals surface area (Å²) in [6.45, 7) is 3.89. The number of ketones is 1. The molecular formula is C6H11ClO2. The number of hydrogen-bond donors (Lipinski definition) is 0. The maximum Gasteiger partial charge on any atom is 0.173 e. The Kier molecular flexibility index (Phi) is 4.72. The quantitative estimate of drug-likeness (QED) is 0.564. The lowest BCUT2D eigenvalue weighted by molar-refractivity contribution is -0.122. The minimum Gasteiger partial charge on any atom is -0.371 e. The van der Waals surface area contributed by atoms with E-state index in [4.69, 9.17) is 16.3 Å². The van der Waals surface area contributed by atoms with Crippen LogP contribution in [0, 0.1) is 0 Å². The van der Waals surface area contributed by atoms with Crippen molar-refractivity contribution >= 4 is 17.4 Å². The number of alkyl halides is 1. The number of carbonyl (C=O) groups is 1. The number of rotatable bonds is 4. The van der Waals surface area contributed by atoms with Gasteiger partial charge < -0.3 is 4.74 Å². The van der Waals surface area contributed by atoms with Gasteiger partial charge in [-0.2, -0.15) is 0 Å². The zero-order valence-corrected chi connectivity index (χ0v) is 6.44. The lowest BCUT2D eigenvalue weighted by atomic mass is 10.4. The zero-order chi connectivity index (χ0) is 7.28. The molecular weight excluding hydrogens is 140 g/mol. The molecule has 0 saturated carbocycles. The average molecular weight is 151 g/mol. The summed E-state index contributed by atoms with van der Waals surface area (Å²) < 4.78 is 4.96. The first kappa shape index (κ1) is 8.92. The lowest BCUT2D eigenvalue weighted by Gasteiger charge is -2.03. The minimum atomic E-state index is -0.0645. The van der Waals surface area contributed by atoms with Gasteiger partial charge in [-0.25, -0.2) is 0 Å². The summed E-state index contributed by atoms with van der Waals surface area (Å²) >= 11 is 5.21. The van der Waals surface area contributed by atoms with E-state index in [-0.39, 0.29) is 24.4 Å². The fourth-order valence-electron chi connectivity index (χ4n) is 0.298. The number of Topliss-reactive ketones (excluding diaryl/α,β-unsaturated/α-hetero) is 1. The number of hydrogen-bond acceptors (Lipinski definition) is 2. The first-order chi connectivity index (χ1) is 4.16. The highest BCUT2D eigenvalue weighted by Gasteiger charge is 1.99. The molecule has 0 aliphatic rings. The molecule has 0 spiro atoms. The zero-order valence-electron chi connectivity index (χ0n) is 5.69. The van der Waals surface area contributed by atoms with Gasteiger partial charge in [-0.3, -0.25) is 4.79 Å². The Bertz CT molecular complexity index is 91.1. The van der Waals surface area contributed by atoms with E-state index in [1.165, 1.54) is 0 Å². The topological polar surface area (TPSA) is 26.3 Å². The van der Waals surface area contributed by atoms with Gasteiger partial charge in [0, 0.05) is 0 Å².